The van der Waals surface area contributed by atoms with Gasteiger partial charge in [-0.05, 0) is 38.5 Å². The fourth-order valence-corrected chi connectivity index (χ4v) is 1.52. The van der Waals surface area contributed by atoms with E-state index in [2.05, 4.69) is 15.9 Å². The Kier molecular flexibility index (Phi) is 4.30. The molecule has 0 aliphatic carbocycles. The van der Waals surface area contributed by atoms with Gasteiger partial charge in [0.15, 0.2) is 0 Å². The number of esters is 1. The summed E-state index contributed by atoms with van der Waals surface area (Å²) in [5.74, 6) is -0.330. The number of hydrogen-bond donors (Lipinski definition) is 0. The second-order valence-electron chi connectivity index (χ2n) is 4.39. The first kappa shape index (κ1) is 13.0. The summed E-state index contributed by atoms with van der Waals surface area (Å²) in [7, 11) is 0. The molecule has 0 saturated carbocycles. The van der Waals surface area contributed by atoms with Gasteiger partial charge in [-0.1, -0.05) is 34.1 Å². The second-order valence-corrected chi connectivity index (χ2v) is 5.24. The van der Waals surface area contributed by atoms with Crippen LogP contribution in [0.25, 0.3) is 6.08 Å². The predicted octanol–water partition coefficient (Wildman–Crippen LogP) is 3.80. The topological polar surface area (TPSA) is 26.3 Å². The molecule has 0 amide bonds. The third-order valence-corrected chi connectivity index (χ3v) is 2.43. The second kappa shape index (κ2) is 5.30. The zero-order valence-corrected chi connectivity index (χ0v) is 11.2. The van der Waals surface area contributed by atoms with Crippen molar-refractivity contribution in [2.24, 2.45) is 0 Å². The highest BCUT2D eigenvalue weighted by Gasteiger charge is 2.13. The van der Waals surface area contributed by atoms with Crippen molar-refractivity contribution in [1.82, 2.24) is 0 Å². The SMILES string of the molecule is CC(C)(C)OC(=O)C=Cc1ccccc1Br. The normalized spacial score (nSPS) is 11.8. The van der Waals surface area contributed by atoms with Crippen molar-refractivity contribution >= 4 is 28.0 Å². The van der Waals surface area contributed by atoms with E-state index in [0.717, 1.165) is 10.0 Å². The minimum Gasteiger partial charge on any atom is -0.457 e. The summed E-state index contributed by atoms with van der Waals surface area (Å²) in [5, 5.41) is 0. The molecule has 0 radical (unpaired) electrons. The lowest BCUT2D eigenvalue weighted by atomic mass is 10.2. The molecule has 0 atom stereocenters. The Labute approximate surface area is 104 Å². The summed E-state index contributed by atoms with van der Waals surface area (Å²) >= 11 is 3.40. The van der Waals surface area contributed by atoms with Crippen LogP contribution >= 0.6 is 15.9 Å². The van der Waals surface area contributed by atoms with Crippen LogP contribution in [0, 0.1) is 0 Å². The lowest BCUT2D eigenvalue weighted by molar-refractivity contribution is -0.148. The number of carbonyl (C=O) groups excluding carboxylic acids is 1. The molecule has 2 nitrogen and oxygen atoms in total. The summed E-state index contributed by atoms with van der Waals surface area (Å²) in [6.07, 6.45) is 3.17. The van der Waals surface area contributed by atoms with Gasteiger partial charge in [0.25, 0.3) is 0 Å². The Balaban J connectivity index is 2.68. The van der Waals surface area contributed by atoms with E-state index in [1.54, 1.807) is 6.08 Å². The molecular formula is C13H15BrO2. The first-order valence-corrected chi connectivity index (χ1v) is 5.83. The maximum absolute atomic E-state index is 11.4. The van der Waals surface area contributed by atoms with Gasteiger partial charge in [0, 0.05) is 10.5 Å². The zero-order chi connectivity index (χ0) is 12.2. The Bertz CT molecular complexity index is 403. The van der Waals surface area contributed by atoms with Crippen LogP contribution < -0.4 is 0 Å². The molecule has 0 aliphatic rings. The van der Waals surface area contributed by atoms with Gasteiger partial charge in [-0.3, -0.25) is 0 Å². The highest BCUT2D eigenvalue weighted by molar-refractivity contribution is 9.10. The Morgan fingerprint density at radius 2 is 1.94 bits per heavy atom. The van der Waals surface area contributed by atoms with Crippen LogP contribution in [0.4, 0.5) is 0 Å². The average Bonchev–Trinajstić information content (AvgIpc) is 2.14. The van der Waals surface area contributed by atoms with Crippen molar-refractivity contribution in [3.05, 3.63) is 40.4 Å². The van der Waals surface area contributed by atoms with E-state index in [0.29, 0.717) is 0 Å². The summed E-state index contributed by atoms with van der Waals surface area (Å²) in [6, 6.07) is 7.69. The quantitative estimate of drug-likeness (QED) is 0.609. The monoisotopic (exact) mass is 282 g/mol. The summed E-state index contributed by atoms with van der Waals surface area (Å²) in [6.45, 7) is 5.53. The molecule has 86 valence electrons. The van der Waals surface area contributed by atoms with E-state index in [1.165, 1.54) is 6.08 Å². The van der Waals surface area contributed by atoms with E-state index in [4.69, 9.17) is 4.74 Å². The Morgan fingerprint density at radius 1 is 1.31 bits per heavy atom. The molecule has 0 spiro atoms. The first-order valence-electron chi connectivity index (χ1n) is 5.04. The van der Waals surface area contributed by atoms with Crippen molar-refractivity contribution in [2.45, 2.75) is 26.4 Å². The predicted molar refractivity (Wildman–Crippen MR) is 69.0 cm³/mol. The molecule has 0 aromatic heterocycles. The van der Waals surface area contributed by atoms with Gasteiger partial charge in [0.1, 0.15) is 5.60 Å². The van der Waals surface area contributed by atoms with E-state index in [-0.39, 0.29) is 5.97 Å². The molecule has 1 aromatic rings. The number of rotatable bonds is 2. The highest BCUT2D eigenvalue weighted by atomic mass is 79.9. The number of carbonyl (C=O) groups is 1. The third kappa shape index (κ3) is 4.62. The van der Waals surface area contributed by atoms with Crippen molar-refractivity contribution in [3.63, 3.8) is 0 Å². The average molecular weight is 283 g/mol. The largest absolute Gasteiger partial charge is 0.457 e. The number of benzene rings is 1. The molecule has 1 aromatic carbocycles. The van der Waals surface area contributed by atoms with Crippen molar-refractivity contribution in [3.8, 4) is 0 Å². The lowest BCUT2D eigenvalue weighted by Crippen LogP contribution is -2.22. The number of ether oxygens (including phenoxy) is 1. The molecule has 0 heterocycles. The summed E-state index contributed by atoms with van der Waals surface area (Å²) in [5.41, 5.74) is 0.503. The fourth-order valence-electron chi connectivity index (χ4n) is 1.10. The Hall–Kier alpha value is -1.09. The molecule has 1 rings (SSSR count). The van der Waals surface area contributed by atoms with Crippen molar-refractivity contribution < 1.29 is 9.53 Å². The van der Waals surface area contributed by atoms with Gasteiger partial charge in [-0.15, -0.1) is 0 Å². The van der Waals surface area contributed by atoms with Gasteiger partial charge < -0.3 is 4.74 Å². The molecule has 0 bridgehead atoms. The van der Waals surface area contributed by atoms with Crippen LogP contribution in [-0.2, 0) is 9.53 Å². The molecule has 3 heteroatoms. The highest BCUT2D eigenvalue weighted by Crippen LogP contribution is 2.17. The summed E-state index contributed by atoms with van der Waals surface area (Å²) < 4.78 is 6.11. The molecule has 0 N–H and O–H groups in total. The van der Waals surface area contributed by atoms with E-state index in [1.807, 2.05) is 45.0 Å². The molecule has 16 heavy (non-hydrogen) atoms. The van der Waals surface area contributed by atoms with Gasteiger partial charge in [-0.2, -0.15) is 0 Å². The van der Waals surface area contributed by atoms with Gasteiger partial charge in [0.05, 0.1) is 0 Å². The van der Waals surface area contributed by atoms with E-state index < -0.39 is 5.60 Å². The van der Waals surface area contributed by atoms with E-state index in [9.17, 15) is 4.79 Å². The number of halogens is 1. The minimum absolute atomic E-state index is 0.330. The smallest absolute Gasteiger partial charge is 0.331 e. The van der Waals surface area contributed by atoms with Gasteiger partial charge in [0.2, 0.25) is 0 Å². The van der Waals surface area contributed by atoms with Crippen molar-refractivity contribution in [2.75, 3.05) is 0 Å². The maximum Gasteiger partial charge on any atom is 0.331 e. The third-order valence-electron chi connectivity index (χ3n) is 1.71. The zero-order valence-electron chi connectivity index (χ0n) is 9.66. The molecular weight excluding hydrogens is 268 g/mol. The molecule has 0 fully saturated rings. The standard InChI is InChI=1S/C13H15BrO2/c1-13(2,3)16-12(15)9-8-10-6-4-5-7-11(10)14/h4-9H,1-3H3. The molecule has 0 saturated heterocycles. The van der Waals surface area contributed by atoms with Crippen LogP contribution in [0.5, 0.6) is 0 Å². The van der Waals surface area contributed by atoms with Gasteiger partial charge in [-0.25, -0.2) is 4.79 Å². The first-order chi connectivity index (χ1) is 7.38. The van der Waals surface area contributed by atoms with E-state index >= 15 is 0 Å². The molecule has 0 aliphatic heterocycles. The van der Waals surface area contributed by atoms with Crippen LogP contribution in [0.1, 0.15) is 26.3 Å². The maximum atomic E-state index is 11.4. The minimum atomic E-state index is -0.449. The van der Waals surface area contributed by atoms with Crippen molar-refractivity contribution in [1.29, 1.82) is 0 Å². The fraction of sp³-hybridized carbons (Fsp3) is 0.308. The summed E-state index contributed by atoms with van der Waals surface area (Å²) in [4.78, 5) is 11.4. The van der Waals surface area contributed by atoms with Crippen LogP contribution in [0.15, 0.2) is 34.8 Å². The van der Waals surface area contributed by atoms with Crippen LogP contribution in [0.3, 0.4) is 0 Å². The number of hydrogen-bond acceptors (Lipinski definition) is 2. The van der Waals surface area contributed by atoms with Crippen LogP contribution in [-0.4, -0.2) is 11.6 Å². The lowest BCUT2D eigenvalue weighted by Gasteiger charge is -2.17. The van der Waals surface area contributed by atoms with Crippen LogP contribution in [0.2, 0.25) is 0 Å². The molecule has 0 unspecified atom stereocenters. The van der Waals surface area contributed by atoms with Gasteiger partial charge >= 0.3 is 5.97 Å². The Morgan fingerprint density at radius 3 is 2.50 bits per heavy atom.